The van der Waals surface area contributed by atoms with Gasteiger partial charge in [0.1, 0.15) is 0 Å². The molecule has 26 heavy (non-hydrogen) atoms. The minimum absolute atomic E-state index is 0. The summed E-state index contributed by atoms with van der Waals surface area (Å²) in [5, 5.41) is 6.52. The first-order chi connectivity index (χ1) is 12.2. The second-order valence-corrected chi connectivity index (χ2v) is 7.83. The lowest BCUT2D eigenvalue weighted by Crippen LogP contribution is -2.51. The van der Waals surface area contributed by atoms with Crippen LogP contribution in [0.4, 0.5) is 0 Å². The van der Waals surface area contributed by atoms with Gasteiger partial charge in [-0.25, -0.2) is 0 Å². The Hall–Kier alpha value is -1.46. The largest absolute Gasteiger partial charge is 0.454 e. The molecule has 2 heterocycles. The van der Waals surface area contributed by atoms with Crippen molar-refractivity contribution in [1.82, 2.24) is 10.6 Å². The van der Waals surface area contributed by atoms with Crippen LogP contribution in [0.15, 0.2) is 18.2 Å². The topological polar surface area (TPSA) is 59.6 Å². The van der Waals surface area contributed by atoms with Crippen molar-refractivity contribution in [3.05, 3.63) is 23.8 Å². The van der Waals surface area contributed by atoms with Gasteiger partial charge in [-0.1, -0.05) is 32.3 Å². The number of fused-ring (bicyclic) bond motifs is 1. The van der Waals surface area contributed by atoms with Crippen LogP contribution in [0.1, 0.15) is 44.6 Å². The maximum atomic E-state index is 12.6. The monoisotopic (exact) mass is 380 g/mol. The van der Waals surface area contributed by atoms with E-state index in [-0.39, 0.29) is 29.6 Å². The number of nitrogens with one attached hydrogen (secondary N) is 2. The minimum atomic E-state index is 0. The van der Waals surface area contributed by atoms with Crippen LogP contribution in [-0.2, 0) is 10.2 Å². The summed E-state index contributed by atoms with van der Waals surface area (Å²) in [7, 11) is 0. The van der Waals surface area contributed by atoms with Crippen molar-refractivity contribution in [3.63, 3.8) is 0 Å². The van der Waals surface area contributed by atoms with E-state index in [1.807, 2.05) is 6.07 Å². The zero-order chi connectivity index (χ0) is 17.3. The Morgan fingerprint density at radius 1 is 1.23 bits per heavy atom. The average molecular weight is 381 g/mol. The Labute approximate surface area is 161 Å². The molecule has 1 unspecified atom stereocenters. The smallest absolute Gasteiger partial charge is 0.231 e. The zero-order valence-electron chi connectivity index (χ0n) is 15.4. The van der Waals surface area contributed by atoms with Gasteiger partial charge < -0.3 is 20.1 Å². The number of benzene rings is 1. The number of carbonyl (C=O) groups is 1. The molecule has 1 aromatic carbocycles. The highest BCUT2D eigenvalue weighted by Gasteiger charge is 2.36. The molecule has 1 atom stereocenters. The Morgan fingerprint density at radius 2 is 1.96 bits per heavy atom. The van der Waals surface area contributed by atoms with E-state index in [2.05, 4.69) is 29.7 Å². The van der Waals surface area contributed by atoms with Crippen molar-refractivity contribution in [3.8, 4) is 11.5 Å². The number of amides is 1. The van der Waals surface area contributed by atoms with Crippen molar-refractivity contribution >= 4 is 18.3 Å². The summed E-state index contributed by atoms with van der Waals surface area (Å²) < 4.78 is 11.0. The van der Waals surface area contributed by atoms with Gasteiger partial charge in [-0.2, -0.15) is 0 Å². The molecule has 1 saturated carbocycles. The van der Waals surface area contributed by atoms with Crippen LogP contribution in [0.5, 0.6) is 11.5 Å². The number of rotatable bonds is 5. The fraction of sp³-hybridized carbons (Fsp3) is 0.650. The van der Waals surface area contributed by atoms with Crippen molar-refractivity contribution in [2.45, 2.75) is 44.4 Å². The second-order valence-electron chi connectivity index (χ2n) is 7.83. The lowest BCUT2D eigenvalue weighted by molar-refractivity contribution is -0.127. The molecule has 2 N–H and O–H groups in total. The third kappa shape index (κ3) is 3.65. The molecule has 6 heteroatoms. The van der Waals surface area contributed by atoms with Gasteiger partial charge in [-0.3, -0.25) is 4.79 Å². The maximum Gasteiger partial charge on any atom is 0.231 e. The first kappa shape index (κ1) is 19.3. The van der Waals surface area contributed by atoms with Crippen LogP contribution in [-0.4, -0.2) is 32.3 Å². The van der Waals surface area contributed by atoms with Gasteiger partial charge in [-0.05, 0) is 49.5 Å². The van der Waals surface area contributed by atoms with E-state index in [9.17, 15) is 4.79 Å². The number of hydrogen-bond donors (Lipinski definition) is 2. The SMILES string of the molecule is CC(C(=O)NCC1(c2ccc3c(c2)OCO3)CCCCC1)C1CNC1.Cl. The van der Waals surface area contributed by atoms with E-state index in [4.69, 9.17) is 9.47 Å². The summed E-state index contributed by atoms with van der Waals surface area (Å²) in [6.07, 6.45) is 5.95. The number of carbonyl (C=O) groups excluding carboxylic acids is 1. The highest BCUT2D eigenvalue weighted by molar-refractivity contribution is 5.85. The van der Waals surface area contributed by atoms with Gasteiger partial charge in [0.25, 0.3) is 0 Å². The Balaban J connectivity index is 0.00000196. The van der Waals surface area contributed by atoms with E-state index in [0.29, 0.717) is 12.7 Å². The number of hydrogen-bond acceptors (Lipinski definition) is 4. The fourth-order valence-corrected chi connectivity index (χ4v) is 4.32. The number of ether oxygens (including phenoxy) is 2. The summed E-state index contributed by atoms with van der Waals surface area (Å²) in [4.78, 5) is 12.6. The minimum Gasteiger partial charge on any atom is -0.454 e. The van der Waals surface area contributed by atoms with Gasteiger partial charge in [-0.15, -0.1) is 12.4 Å². The Bertz CT molecular complexity index is 642. The van der Waals surface area contributed by atoms with Crippen molar-refractivity contribution < 1.29 is 14.3 Å². The normalized spacial score (nSPS) is 22.0. The third-order valence-electron chi connectivity index (χ3n) is 6.33. The van der Waals surface area contributed by atoms with Crippen LogP contribution in [0.3, 0.4) is 0 Å². The molecule has 4 rings (SSSR count). The van der Waals surface area contributed by atoms with E-state index >= 15 is 0 Å². The molecule has 2 aliphatic heterocycles. The third-order valence-corrected chi connectivity index (χ3v) is 6.33. The molecule has 1 saturated heterocycles. The quantitative estimate of drug-likeness (QED) is 0.824. The first-order valence-electron chi connectivity index (χ1n) is 9.56. The van der Waals surface area contributed by atoms with Crippen molar-refractivity contribution in [2.24, 2.45) is 11.8 Å². The highest BCUT2D eigenvalue weighted by Crippen LogP contribution is 2.43. The van der Waals surface area contributed by atoms with Crippen LogP contribution in [0.2, 0.25) is 0 Å². The molecular weight excluding hydrogens is 352 g/mol. The van der Waals surface area contributed by atoms with Crippen LogP contribution < -0.4 is 20.1 Å². The van der Waals surface area contributed by atoms with Crippen LogP contribution >= 0.6 is 12.4 Å². The Morgan fingerprint density at radius 3 is 2.65 bits per heavy atom. The van der Waals surface area contributed by atoms with Gasteiger partial charge >= 0.3 is 0 Å². The molecule has 1 aromatic rings. The van der Waals surface area contributed by atoms with Crippen molar-refractivity contribution in [2.75, 3.05) is 26.4 Å². The first-order valence-corrected chi connectivity index (χ1v) is 9.56. The molecule has 0 bridgehead atoms. The maximum absolute atomic E-state index is 12.6. The summed E-state index contributed by atoms with van der Waals surface area (Å²) >= 11 is 0. The predicted molar refractivity (Wildman–Crippen MR) is 103 cm³/mol. The molecule has 0 radical (unpaired) electrons. The predicted octanol–water partition coefficient (Wildman–Crippen LogP) is 3.01. The van der Waals surface area contributed by atoms with E-state index in [0.717, 1.165) is 44.0 Å². The molecule has 1 aliphatic carbocycles. The standard InChI is InChI=1S/C20H28N2O3.ClH/c1-14(15-10-21-11-15)19(23)22-12-20(7-3-2-4-8-20)16-5-6-17-18(9-16)25-13-24-17;/h5-6,9,14-15,21H,2-4,7-8,10-13H2,1H3,(H,22,23);1H. The molecule has 3 aliphatic rings. The van der Waals surface area contributed by atoms with Gasteiger partial charge in [0.2, 0.25) is 12.7 Å². The van der Waals surface area contributed by atoms with E-state index < -0.39 is 0 Å². The molecule has 0 aromatic heterocycles. The molecule has 5 nitrogen and oxygen atoms in total. The highest BCUT2D eigenvalue weighted by atomic mass is 35.5. The molecule has 1 amide bonds. The van der Waals surface area contributed by atoms with E-state index in [1.54, 1.807) is 0 Å². The number of halogens is 1. The summed E-state index contributed by atoms with van der Waals surface area (Å²) in [5.74, 6) is 2.41. The van der Waals surface area contributed by atoms with Crippen molar-refractivity contribution in [1.29, 1.82) is 0 Å². The lowest BCUT2D eigenvalue weighted by atomic mass is 9.69. The van der Waals surface area contributed by atoms with Crippen LogP contribution in [0.25, 0.3) is 0 Å². The van der Waals surface area contributed by atoms with Gasteiger partial charge in [0, 0.05) is 17.9 Å². The Kier molecular flexibility index (Phi) is 5.98. The average Bonchev–Trinajstić information content (AvgIpc) is 3.06. The zero-order valence-corrected chi connectivity index (χ0v) is 16.2. The molecule has 0 spiro atoms. The summed E-state index contributed by atoms with van der Waals surface area (Å²) in [6.45, 7) is 4.99. The lowest BCUT2D eigenvalue weighted by Gasteiger charge is -2.39. The van der Waals surface area contributed by atoms with Gasteiger partial charge in [0.05, 0.1) is 0 Å². The molecule has 2 fully saturated rings. The molecule has 144 valence electrons. The van der Waals surface area contributed by atoms with Crippen LogP contribution in [0, 0.1) is 11.8 Å². The molecular formula is C20H29ClN2O3. The summed E-state index contributed by atoms with van der Waals surface area (Å²) in [5.41, 5.74) is 1.29. The van der Waals surface area contributed by atoms with E-state index in [1.165, 1.54) is 24.8 Å². The van der Waals surface area contributed by atoms with Gasteiger partial charge in [0.15, 0.2) is 11.5 Å². The second kappa shape index (κ2) is 8.05. The fourth-order valence-electron chi connectivity index (χ4n) is 4.32. The summed E-state index contributed by atoms with van der Waals surface area (Å²) in [6, 6.07) is 6.29.